The molecule has 0 radical (unpaired) electrons. The summed E-state index contributed by atoms with van der Waals surface area (Å²) < 4.78 is 17.5. The van der Waals surface area contributed by atoms with Gasteiger partial charge in [0.05, 0.1) is 11.9 Å². The number of piperidine rings is 1. The van der Waals surface area contributed by atoms with Crippen LogP contribution in [0.25, 0.3) is 11.2 Å². The van der Waals surface area contributed by atoms with Crippen molar-refractivity contribution in [2.24, 2.45) is 5.41 Å². The van der Waals surface area contributed by atoms with Crippen LogP contribution in [0.15, 0.2) is 6.20 Å². The second kappa shape index (κ2) is 7.94. The fourth-order valence-electron chi connectivity index (χ4n) is 4.42. The maximum Gasteiger partial charge on any atom is 0.202 e. The molecule has 1 aliphatic carbocycles. The Morgan fingerprint density at radius 3 is 2.81 bits per heavy atom. The van der Waals surface area contributed by atoms with E-state index in [1.807, 2.05) is 27.0 Å². The minimum Gasteiger partial charge on any atom is -0.598 e. The number of hydrogen-bond acceptors (Lipinski definition) is 8. The van der Waals surface area contributed by atoms with Gasteiger partial charge in [-0.25, -0.2) is 15.0 Å². The molecule has 8 nitrogen and oxygen atoms in total. The molecule has 0 bridgehead atoms. The van der Waals surface area contributed by atoms with E-state index < -0.39 is 11.4 Å². The molecule has 2 aliphatic rings. The number of rotatable bonds is 3. The van der Waals surface area contributed by atoms with Gasteiger partial charge in [-0.15, -0.1) is 16.1 Å². The van der Waals surface area contributed by atoms with Crippen molar-refractivity contribution in [3.63, 3.8) is 0 Å². The number of aromatic amines is 1. The number of thiazole rings is 1. The number of nitrogens with one attached hydrogen (secondary N) is 2. The molecule has 1 saturated heterocycles. The Bertz CT molecular complexity index is 1120. The zero-order valence-corrected chi connectivity index (χ0v) is 22.0. The fourth-order valence-corrected chi connectivity index (χ4v) is 7.20. The van der Waals surface area contributed by atoms with E-state index in [0.717, 1.165) is 53.1 Å². The molecule has 12 heteroatoms. The number of aromatic nitrogens is 5. The van der Waals surface area contributed by atoms with Gasteiger partial charge in [-0.1, -0.05) is 11.6 Å². The Labute approximate surface area is 206 Å². The van der Waals surface area contributed by atoms with E-state index in [1.54, 1.807) is 11.3 Å². The third-order valence-electron chi connectivity index (χ3n) is 6.17. The molecule has 4 heterocycles. The van der Waals surface area contributed by atoms with Crippen molar-refractivity contribution < 1.29 is 4.55 Å². The zero-order chi connectivity index (χ0) is 22.0. The van der Waals surface area contributed by atoms with Gasteiger partial charge in [0.2, 0.25) is 5.65 Å². The van der Waals surface area contributed by atoms with Crippen LogP contribution < -0.4 is 9.62 Å². The highest BCUT2D eigenvalue weighted by atomic mass is 127. The van der Waals surface area contributed by atoms with E-state index in [1.165, 1.54) is 4.88 Å². The number of nitrogens with zero attached hydrogens (tertiary/aromatic N) is 5. The summed E-state index contributed by atoms with van der Waals surface area (Å²) in [5, 5.41) is 7.18. The second-order valence-electron chi connectivity index (χ2n) is 9.17. The molecule has 1 unspecified atom stereocenters. The van der Waals surface area contributed by atoms with Gasteiger partial charge in [-0.05, 0) is 62.6 Å². The van der Waals surface area contributed by atoms with Crippen LogP contribution in [-0.4, -0.2) is 47.5 Å². The van der Waals surface area contributed by atoms with Gasteiger partial charge in [0.25, 0.3) is 0 Å². The number of fused-ring (bicyclic) bond motifs is 2. The molecule has 0 saturated carbocycles. The molecular weight excluding hydrogens is 569 g/mol. The van der Waals surface area contributed by atoms with Crippen LogP contribution in [0, 0.1) is 9.12 Å². The highest BCUT2D eigenvalue weighted by molar-refractivity contribution is 14.1. The highest BCUT2D eigenvalue weighted by Crippen LogP contribution is 2.54. The molecule has 2 N–H and O–H groups in total. The van der Waals surface area contributed by atoms with E-state index in [4.69, 9.17) is 16.6 Å². The average Bonchev–Trinajstić information content (AvgIpc) is 3.34. The van der Waals surface area contributed by atoms with Crippen molar-refractivity contribution >= 4 is 73.9 Å². The first-order chi connectivity index (χ1) is 14.7. The lowest BCUT2D eigenvalue weighted by Crippen LogP contribution is -2.50. The SMILES string of the molecule is CC(C)(C)[S+]([O-])N[C@@H]1c2nc(Cl)sc2CC12CCN(c1cnc3c(I)[nH]nc3n1)CC2. The number of H-pyrrole nitrogens is 1. The van der Waals surface area contributed by atoms with Crippen LogP contribution in [0.3, 0.4) is 0 Å². The summed E-state index contributed by atoms with van der Waals surface area (Å²) in [5.74, 6) is 0.849. The molecule has 1 spiro atoms. The molecule has 1 fully saturated rings. The molecule has 5 rings (SSSR count). The van der Waals surface area contributed by atoms with Gasteiger partial charge >= 0.3 is 0 Å². The predicted molar refractivity (Wildman–Crippen MR) is 133 cm³/mol. The topological polar surface area (TPSA) is 106 Å². The standard InChI is InChI=1S/C19H23ClIN7OS2/c1-18(2,3)31(29)27-14-12-10(30-17(20)24-12)8-19(14)4-6-28(7-5-19)11-9-22-13-15(21)25-26-16(13)23-11/h9,14,27H,4-8H2,1-3H3,(H,23,25,26)/t14-,31?/m1/s1. The van der Waals surface area contributed by atoms with Gasteiger partial charge < -0.3 is 9.45 Å². The van der Waals surface area contributed by atoms with Crippen LogP contribution in [0.4, 0.5) is 5.82 Å². The zero-order valence-electron chi connectivity index (χ0n) is 17.4. The van der Waals surface area contributed by atoms with E-state index in [-0.39, 0.29) is 16.2 Å². The van der Waals surface area contributed by atoms with E-state index >= 15 is 0 Å². The van der Waals surface area contributed by atoms with Crippen molar-refractivity contribution in [3.05, 3.63) is 24.9 Å². The van der Waals surface area contributed by atoms with Crippen LogP contribution in [0.2, 0.25) is 4.47 Å². The maximum atomic E-state index is 13.0. The van der Waals surface area contributed by atoms with Gasteiger partial charge in [0.15, 0.2) is 4.47 Å². The third kappa shape index (κ3) is 3.95. The Morgan fingerprint density at radius 1 is 1.35 bits per heavy atom. The molecule has 31 heavy (non-hydrogen) atoms. The number of halogens is 2. The molecule has 1 aliphatic heterocycles. The van der Waals surface area contributed by atoms with Gasteiger partial charge in [-0.3, -0.25) is 5.10 Å². The number of anilines is 1. The Balaban J connectivity index is 1.38. The summed E-state index contributed by atoms with van der Waals surface area (Å²) in [5.41, 5.74) is 2.41. The third-order valence-corrected chi connectivity index (χ3v) is 9.66. The normalized spacial score (nSPS) is 21.7. The predicted octanol–water partition coefficient (Wildman–Crippen LogP) is 4.00. The van der Waals surface area contributed by atoms with Crippen molar-refractivity contribution in [2.45, 2.75) is 50.8 Å². The Morgan fingerprint density at radius 2 is 2.10 bits per heavy atom. The van der Waals surface area contributed by atoms with Crippen molar-refractivity contribution in [2.75, 3.05) is 18.0 Å². The molecule has 166 valence electrons. The molecular formula is C19H23ClIN7OS2. The fraction of sp³-hybridized carbons (Fsp3) is 0.579. The van der Waals surface area contributed by atoms with E-state index in [2.05, 4.69) is 52.4 Å². The summed E-state index contributed by atoms with van der Waals surface area (Å²) in [4.78, 5) is 17.3. The van der Waals surface area contributed by atoms with Crippen molar-refractivity contribution in [3.8, 4) is 0 Å². The largest absolute Gasteiger partial charge is 0.598 e. The smallest absolute Gasteiger partial charge is 0.202 e. The van der Waals surface area contributed by atoms with Crippen LogP contribution in [0.5, 0.6) is 0 Å². The molecule has 2 atom stereocenters. The minimum absolute atomic E-state index is 0.0184. The Hall–Kier alpha value is -0.730. The number of hydrogen-bond donors (Lipinski definition) is 2. The van der Waals surface area contributed by atoms with Crippen LogP contribution in [-0.2, 0) is 17.8 Å². The quantitative estimate of drug-likeness (QED) is 0.350. The summed E-state index contributed by atoms with van der Waals surface area (Å²) >= 11 is 8.76. The molecule has 3 aromatic rings. The molecule has 3 aromatic heterocycles. The first-order valence-corrected chi connectivity index (χ1v) is 13.5. The second-order valence-corrected chi connectivity index (χ2v) is 13.9. The lowest BCUT2D eigenvalue weighted by atomic mass is 9.73. The first kappa shape index (κ1) is 22.1. The average molecular weight is 592 g/mol. The highest BCUT2D eigenvalue weighted by Gasteiger charge is 2.52. The summed E-state index contributed by atoms with van der Waals surface area (Å²) in [7, 11) is 0. The lowest BCUT2D eigenvalue weighted by molar-refractivity contribution is 0.174. The van der Waals surface area contributed by atoms with Crippen LogP contribution >= 0.6 is 45.5 Å². The van der Waals surface area contributed by atoms with Crippen molar-refractivity contribution in [1.82, 2.24) is 29.9 Å². The van der Waals surface area contributed by atoms with Gasteiger partial charge in [0, 0.05) is 34.7 Å². The minimum atomic E-state index is -1.19. The molecule has 0 amide bonds. The lowest BCUT2D eigenvalue weighted by Gasteiger charge is -2.43. The summed E-state index contributed by atoms with van der Waals surface area (Å²) in [6.07, 6.45) is 4.64. The van der Waals surface area contributed by atoms with Crippen LogP contribution in [0.1, 0.15) is 50.2 Å². The monoisotopic (exact) mass is 591 g/mol. The van der Waals surface area contributed by atoms with Crippen molar-refractivity contribution in [1.29, 1.82) is 0 Å². The summed E-state index contributed by atoms with van der Waals surface area (Å²) in [6.45, 7) is 7.66. The maximum absolute atomic E-state index is 13.0. The Kier molecular flexibility index (Phi) is 5.66. The molecule has 0 aromatic carbocycles. The van der Waals surface area contributed by atoms with E-state index in [0.29, 0.717) is 10.1 Å². The summed E-state index contributed by atoms with van der Waals surface area (Å²) in [6, 6.07) is -0.0602. The van der Waals surface area contributed by atoms with E-state index in [9.17, 15) is 4.55 Å². The van der Waals surface area contributed by atoms with Gasteiger partial charge in [0.1, 0.15) is 25.8 Å². The first-order valence-electron chi connectivity index (χ1n) is 10.1. The van der Waals surface area contributed by atoms with Gasteiger partial charge in [-0.2, -0.15) is 5.10 Å².